The Morgan fingerprint density at radius 3 is 2.62 bits per heavy atom. The summed E-state index contributed by atoms with van der Waals surface area (Å²) < 4.78 is 26.8. The van der Waals surface area contributed by atoms with E-state index in [1.54, 1.807) is 0 Å². The van der Waals surface area contributed by atoms with Crippen LogP contribution < -0.4 is 5.73 Å². The van der Waals surface area contributed by atoms with Crippen molar-refractivity contribution >= 4 is 5.97 Å². The minimum absolute atomic E-state index is 1.71. The summed E-state index contributed by atoms with van der Waals surface area (Å²) in [5.41, 5.74) is 4.81. The number of rotatable bonds is 3. The minimum Gasteiger partial charge on any atom is -0.480 e. The van der Waals surface area contributed by atoms with Gasteiger partial charge >= 0.3 is 5.97 Å². The molecular weight excluding hydrogens is 110 g/mol. The molecule has 0 unspecified atom stereocenters. The zero-order chi connectivity index (χ0) is 10.2. The molecule has 0 fully saturated rings. The molecule has 0 aromatic carbocycles. The van der Waals surface area contributed by atoms with E-state index in [1.165, 1.54) is 0 Å². The Morgan fingerprint density at radius 2 is 2.50 bits per heavy atom. The molecule has 4 heteroatoms. The van der Waals surface area contributed by atoms with Crippen molar-refractivity contribution in [2.75, 3.05) is 6.56 Å². The molecule has 8 heavy (non-hydrogen) atoms. The highest BCUT2D eigenvalue weighted by molar-refractivity contribution is 5.72. The van der Waals surface area contributed by atoms with Crippen molar-refractivity contribution < 1.29 is 20.5 Å². The number of aliphatic carboxylic acids is 1. The molecule has 0 aliphatic rings. The smallest absolute Gasteiger partial charge is 0.320 e. The van der Waals surface area contributed by atoms with Gasteiger partial charge < -0.3 is 15.9 Å². The van der Waals surface area contributed by atoms with Crippen LogP contribution in [0.15, 0.2) is 0 Å². The molecule has 48 valence electrons. The van der Waals surface area contributed by atoms with Gasteiger partial charge in [-0.25, -0.2) is 0 Å². The monoisotopic (exact) mass is 123 g/mol. The first-order valence-corrected chi connectivity index (χ1v) is 1.81. The molecule has 0 heterocycles. The maximum Gasteiger partial charge on any atom is 0.320 e. The van der Waals surface area contributed by atoms with Gasteiger partial charge in [0.2, 0.25) is 0 Å². The molecule has 0 rings (SSSR count). The van der Waals surface area contributed by atoms with Crippen LogP contribution in [-0.2, 0) is 4.79 Å². The third-order valence-corrected chi connectivity index (χ3v) is 0.486. The van der Waals surface area contributed by atoms with E-state index in [0.29, 0.717) is 0 Å². The van der Waals surface area contributed by atoms with Crippen molar-refractivity contribution in [3.05, 3.63) is 0 Å². The largest absolute Gasteiger partial charge is 0.480 e. The molecule has 0 aliphatic carbocycles. The average molecular weight is 123 g/mol. The van der Waals surface area contributed by atoms with E-state index < -0.39 is 24.9 Å². The van der Waals surface area contributed by atoms with Gasteiger partial charge in [-0.1, -0.05) is 0 Å². The Bertz CT molecular complexity index is 189. The summed E-state index contributed by atoms with van der Waals surface area (Å²) in [5.74, 6) is -1.71. The molecule has 0 amide bonds. The summed E-state index contributed by atoms with van der Waals surface area (Å²) >= 11 is 0. The van der Waals surface area contributed by atoms with E-state index in [1.807, 2.05) is 0 Å². The van der Waals surface area contributed by atoms with Crippen LogP contribution in [0.5, 0.6) is 0 Å². The van der Waals surface area contributed by atoms with Gasteiger partial charge in [0, 0.05) is 9.30 Å². The van der Waals surface area contributed by atoms with E-state index in [2.05, 4.69) is 0 Å². The summed E-state index contributed by atoms with van der Waals surface area (Å²) in [7, 11) is 0. The van der Waals surface area contributed by atoms with Gasteiger partial charge in [0.05, 0.1) is 2.74 Å². The lowest BCUT2D eigenvalue weighted by molar-refractivity contribution is -0.138. The lowest BCUT2D eigenvalue weighted by Gasteiger charge is -2.00. The number of carbonyl (C=O) groups is 1. The molecule has 0 spiro atoms. The van der Waals surface area contributed by atoms with E-state index >= 15 is 0 Å². The number of carboxylic acid groups (broad SMARTS) is 1. The SMILES string of the molecule is [2H]C([2H])(O)C([2H])([2H])[C@H](N)C(=O)O. The van der Waals surface area contributed by atoms with E-state index in [9.17, 15) is 4.79 Å². The highest BCUT2D eigenvalue weighted by Crippen LogP contribution is 1.83. The minimum atomic E-state index is -3.27. The van der Waals surface area contributed by atoms with E-state index in [0.717, 1.165) is 0 Å². The van der Waals surface area contributed by atoms with E-state index in [4.69, 9.17) is 21.4 Å². The Morgan fingerprint density at radius 1 is 2.00 bits per heavy atom. The van der Waals surface area contributed by atoms with Crippen molar-refractivity contribution in [3.63, 3.8) is 0 Å². The van der Waals surface area contributed by atoms with Crippen molar-refractivity contribution in [1.29, 1.82) is 0 Å². The molecule has 4 N–H and O–H groups in total. The summed E-state index contributed by atoms with van der Waals surface area (Å²) in [5, 5.41) is 16.8. The highest BCUT2D eigenvalue weighted by Gasteiger charge is 2.08. The molecular formula is C4H9NO3. The fourth-order valence-electron chi connectivity index (χ4n) is 0.131. The topological polar surface area (TPSA) is 83.5 Å². The van der Waals surface area contributed by atoms with Gasteiger partial charge in [-0.15, -0.1) is 0 Å². The van der Waals surface area contributed by atoms with Crippen molar-refractivity contribution in [1.82, 2.24) is 0 Å². The fourth-order valence-corrected chi connectivity index (χ4v) is 0.131. The number of nitrogens with two attached hydrogens (primary N) is 1. The molecule has 1 atom stereocenters. The highest BCUT2D eigenvalue weighted by atomic mass is 16.4. The molecule has 0 aromatic rings. The lowest BCUT2D eigenvalue weighted by Crippen LogP contribution is -2.30. The number of hydrogen-bond acceptors (Lipinski definition) is 3. The van der Waals surface area contributed by atoms with Crippen LogP contribution >= 0.6 is 0 Å². The Balaban J connectivity index is 4.73. The summed E-state index contributed by atoms with van der Waals surface area (Å²) in [4.78, 5) is 10.1. The van der Waals surface area contributed by atoms with Crippen LogP contribution in [-0.4, -0.2) is 28.8 Å². The quantitative estimate of drug-likeness (QED) is 0.439. The predicted molar refractivity (Wildman–Crippen MR) is 27.3 cm³/mol. The summed E-state index contributed by atoms with van der Waals surface area (Å²) in [6.07, 6.45) is -3.02. The summed E-state index contributed by atoms with van der Waals surface area (Å²) in [6.45, 7) is -3.27. The third kappa shape index (κ3) is 2.54. The standard InChI is InChI=1S/C4H9NO3/c5-3(1-2-6)4(7)8/h3,6H,1-2,5H2,(H,7,8)/t3-/m0/s1/i1D2,2D2. The van der Waals surface area contributed by atoms with Crippen molar-refractivity contribution in [2.45, 2.75) is 12.4 Å². The van der Waals surface area contributed by atoms with Gasteiger partial charge in [-0.05, 0) is 6.37 Å². The first-order valence-electron chi connectivity index (χ1n) is 3.81. The molecule has 0 aromatic heterocycles. The maximum atomic E-state index is 10.1. The normalized spacial score (nSPS) is 24.2. The first-order chi connectivity index (χ1) is 5.10. The van der Waals surface area contributed by atoms with Gasteiger partial charge in [-0.3, -0.25) is 4.79 Å². The Kier molecular flexibility index (Phi) is 1.19. The molecule has 0 radical (unpaired) electrons. The second-order valence-electron chi connectivity index (χ2n) is 1.07. The van der Waals surface area contributed by atoms with Crippen LogP contribution in [0, 0.1) is 0 Å². The average Bonchev–Trinajstić information content (AvgIpc) is 1.83. The number of carboxylic acids is 1. The molecule has 0 bridgehead atoms. The molecule has 4 nitrogen and oxygen atoms in total. The molecule has 0 aliphatic heterocycles. The third-order valence-electron chi connectivity index (χ3n) is 0.486. The van der Waals surface area contributed by atoms with Crippen LogP contribution in [0.4, 0.5) is 0 Å². The van der Waals surface area contributed by atoms with Gasteiger partial charge in [0.25, 0.3) is 0 Å². The number of hydrogen-bond donors (Lipinski definition) is 3. The predicted octanol–water partition coefficient (Wildman–Crippen LogP) is -1.22. The van der Waals surface area contributed by atoms with Crippen LogP contribution in [0.1, 0.15) is 11.9 Å². The van der Waals surface area contributed by atoms with Crippen molar-refractivity contribution in [2.24, 2.45) is 5.73 Å². The summed E-state index contributed by atoms with van der Waals surface area (Å²) in [6, 6.07) is -2.10. The zero-order valence-corrected chi connectivity index (χ0v) is 3.96. The van der Waals surface area contributed by atoms with E-state index in [-0.39, 0.29) is 0 Å². The van der Waals surface area contributed by atoms with Crippen LogP contribution in [0.25, 0.3) is 0 Å². The fraction of sp³-hybridized carbons (Fsp3) is 0.750. The lowest BCUT2D eigenvalue weighted by atomic mass is 10.2. The Hall–Kier alpha value is -0.610. The first kappa shape index (κ1) is 2.80. The van der Waals surface area contributed by atoms with Gasteiger partial charge in [0.15, 0.2) is 0 Å². The molecule has 0 saturated heterocycles. The zero-order valence-electron chi connectivity index (χ0n) is 7.96. The molecule has 0 saturated carbocycles. The second-order valence-corrected chi connectivity index (χ2v) is 1.07. The van der Waals surface area contributed by atoms with Gasteiger partial charge in [-0.2, -0.15) is 0 Å². The Labute approximate surface area is 52.5 Å². The van der Waals surface area contributed by atoms with Crippen LogP contribution in [0.2, 0.25) is 0 Å². The van der Waals surface area contributed by atoms with Gasteiger partial charge in [0.1, 0.15) is 6.04 Å². The maximum absolute atomic E-state index is 10.1. The number of aliphatic hydroxyl groups is 1. The second kappa shape index (κ2) is 3.40. The van der Waals surface area contributed by atoms with Crippen LogP contribution in [0.3, 0.4) is 0 Å². The van der Waals surface area contributed by atoms with Crippen molar-refractivity contribution in [3.8, 4) is 0 Å².